The van der Waals surface area contributed by atoms with Crippen molar-refractivity contribution in [1.29, 1.82) is 0 Å². The van der Waals surface area contributed by atoms with Crippen LogP contribution in [0.4, 0.5) is 4.79 Å². The summed E-state index contributed by atoms with van der Waals surface area (Å²) in [6.45, 7) is 6.71. The maximum atomic E-state index is 12.0. The van der Waals surface area contributed by atoms with E-state index < -0.39 is 11.5 Å². The van der Waals surface area contributed by atoms with E-state index in [2.05, 4.69) is 5.32 Å². The van der Waals surface area contributed by atoms with Crippen molar-refractivity contribution in [3.63, 3.8) is 0 Å². The number of nitrogens with one attached hydrogen (secondary N) is 1. The number of carboxylic acids is 1. The molecule has 0 bridgehead atoms. The van der Waals surface area contributed by atoms with Crippen LogP contribution in [0, 0.1) is 5.41 Å². The maximum Gasteiger partial charge on any atom is 0.329 e. The Morgan fingerprint density at radius 2 is 1.78 bits per heavy atom. The third-order valence-electron chi connectivity index (χ3n) is 3.27. The Balaban J connectivity index is 2.65. The molecule has 18 heavy (non-hydrogen) atoms. The van der Waals surface area contributed by atoms with Crippen LogP contribution in [-0.4, -0.2) is 41.1 Å². The molecular formula is C13H24N2O3. The number of carbonyl (C=O) groups is 2. The second-order valence-electron chi connectivity index (χ2n) is 6.44. The van der Waals surface area contributed by atoms with Gasteiger partial charge in [-0.05, 0) is 18.3 Å². The maximum absolute atomic E-state index is 12.0. The van der Waals surface area contributed by atoms with E-state index in [0.717, 1.165) is 12.8 Å². The van der Waals surface area contributed by atoms with Crippen molar-refractivity contribution < 1.29 is 14.7 Å². The normalized spacial score (nSPS) is 18.4. The van der Waals surface area contributed by atoms with Crippen LogP contribution in [0.3, 0.4) is 0 Å². The zero-order chi connectivity index (χ0) is 14.0. The Morgan fingerprint density at radius 3 is 2.17 bits per heavy atom. The van der Waals surface area contributed by atoms with E-state index in [1.807, 2.05) is 20.8 Å². The lowest BCUT2D eigenvalue weighted by atomic mass is 9.96. The standard InChI is InChI=1S/C13H24N2O3/c1-12(2,3)9-15(4)11(18)14-13(10(16)17)7-5-6-8-13/h5-9H2,1-4H3,(H,14,18)(H,16,17). The van der Waals surface area contributed by atoms with E-state index in [9.17, 15) is 14.7 Å². The van der Waals surface area contributed by atoms with Crippen LogP contribution < -0.4 is 5.32 Å². The van der Waals surface area contributed by atoms with E-state index in [4.69, 9.17) is 0 Å². The Hall–Kier alpha value is -1.26. The summed E-state index contributed by atoms with van der Waals surface area (Å²) in [6, 6.07) is -0.297. The summed E-state index contributed by atoms with van der Waals surface area (Å²) in [4.78, 5) is 24.9. The number of amides is 2. The van der Waals surface area contributed by atoms with Crippen LogP contribution in [0.15, 0.2) is 0 Å². The highest BCUT2D eigenvalue weighted by Crippen LogP contribution is 2.30. The van der Waals surface area contributed by atoms with Gasteiger partial charge in [-0.1, -0.05) is 33.6 Å². The summed E-state index contributed by atoms with van der Waals surface area (Å²) in [5.41, 5.74) is -1.05. The third-order valence-corrected chi connectivity index (χ3v) is 3.27. The molecule has 0 aromatic heterocycles. The highest BCUT2D eigenvalue weighted by atomic mass is 16.4. The first-order valence-electron chi connectivity index (χ1n) is 6.43. The fourth-order valence-corrected chi connectivity index (χ4v) is 2.45. The minimum absolute atomic E-state index is 0.00183. The van der Waals surface area contributed by atoms with E-state index in [-0.39, 0.29) is 11.4 Å². The van der Waals surface area contributed by atoms with Crippen molar-refractivity contribution in [2.24, 2.45) is 5.41 Å². The van der Waals surface area contributed by atoms with E-state index in [0.29, 0.717) is 19.4 Å². The van der Waals surface area contributed by atoms with Gasteiger partial charge in [0.05, 0.1) is 0 Å². The smallest absolute Gasteiger partial charge is 0.329 e. The van der Waals surface area contributed by atoms with Crippen LogP contribution >= 0.6 is 0 Å². The first-order valence-corrected chi connectivity index (χ1v) is 6.43. The molecule has 0 atom stereocenters. The highest BCUT2D eigenvalue weighted by Gasteiger charge is 2.43. The molecule has 0 heterocycles. The van der Waals surface area contributed by atoms with Gasteiger partial charge < -0.3 is 15.3 Å². The molecule has 0 saturated heterocycles. The van der Waals surface area contributed by atoms with Crippen molar-refractivity contribution in [3.05, 3.63) is 0 Å². The van der Waals surface area contributed by atoms with E-state index >= 15 is 0 Å². The van der Waals surface area contributed by atoms with Gasteiger partial charge in [-0.25, -0.2) is 9.59 Å². The number of urea groups is 1. The van der Waals surface area contributed by atoms with Gasteiger partial charge in [-0.3, -0.25) is 0 Å². The number of hydrogen-bond acceptors (Lipinski definition) is 2. The lowest BCUT2D eigenvalue weighted by Crippen LogP contribution is -2.56. The molecule has 2 N–H and O–H groups in total. The van der Waals surface area contributed by atoms with Crippen LogP contribution in [-0.2, 0) is 4.79 Å². The van der Waals surface area contributed by atoms with Crippen LogP contribution in [0.5, 0.6) is 0 Å². The zero-order valence-corrected chi connectivity index (χ0v) is 11.7. The minimum atomic E-state index is -1.05. The van der Waals surface area contributed by atoms with Crippen molar-refractivity contribution in [1.82, 2.24) is 10.2 Å². The van der Waals surface area contributed by atoms with Gasteiger partial charge >= 0.3 is 12.0 Å². The fraction of sp³-hybridized carbons (Fsp3) is 0.846. The monoisotopic (exact) mass is 256 g/mol. The molecule has 0 aromatic rings. The van der Waals surface area contributed by atoms with Gasteiger partial charge in [0.2, 0.25) is 0 Å². The Labute approximate surface area is 109 Å². The molecule has 1 saturated carbocycles. The number of aliphatic carboxylic acids is 1. The molecule has 2 amide bonds. The average molecular weight is 256 g/mol. The largest absolute Gasteiger partial charge is 0.480 e. The summed E-state index contributed by atoms with van der Waals surface area (Å²) in [6.07, 6.45) is 2.76. The predicted molar refractivity (Wildman–Crippen MR) is 69.5 cm³/mol. The minimum Gasteiger partial charge on any atom is -0.480 e. The number of nitrogens with zero attached hydrogens (tertiary/aromatic N) is 1. The van der Waals surface area contributed by atoms with Gasteiger partial charge in [0, 0.05) is 13.6 Å². The first kappa shape index (κ1) is 14.8. The molecule has 0 spiro atoms. The zero-order valence-electron chi connectivity index (χ0n) is 11.7. The van der Waals surface area contributed by atoms with Crippen LogP contribution in [0.1, 0.15) is 46.5 Å². The predicted octanol–water partition coefficient (Wildman–Crippen LogP) is 2.07. The van der Waals surface area contributed by atoms with Gasteiger partial charge in [0.1, 0.15) is 5.54 Å². The third kappa shape index (κ3) is 3.62. The molecule has 1 aliphatic carbocycles. The second-order valence-corrected chi connectivity index (χ2v) is 6.44. The van der Waals surface area contributed by atoms with Crippen molar-refractivity contribution in [3.8, 4) is 0 Å². The molecule has 0 radical (unpaired) electrons. The average Bonchev–Trinajstić information content (AvgIpc) is 2.64. The van der Waals surface area contributed by atoms with Crippen LogP contribution in [0.2, 0.25) is 0 Å². The molecule has 1 rings (SSSR count). The summed E-state index contributed by atoms with van der Waals surface area (Å²) >= 11 is 0. The molecule has 1 aliphatic rings. The molecule has 0 aromatic carbocycles. The van der Waals surface area contributed by atoms with E-state index in [1.54, 1.807) is 11.9 Å². The summed E-state index contributed by atoms with van der Waals surface area (Å²) in [5, 5.41) is 12.0. The molecule has 5 heteroatoms. The molecule has 1 fully saturated rings. The van der Waals surface area contributed by atoms with Crippen molar-refractivity contribution in [2.45, 2.75) is 52.0 Å². The Morgan fingerprint density at radius 1 is 1.28 bits per heavy atom. The van der Waals surface area contributed by atoms with E-state index in [1.165, 1.54) is 0 Å². The number of hydrogen-bond donors (Lipinski definition) is 2. The van der Waals surface area contributed by atoms with Gasteiger partial charge in [0.25, 0.3) is 0 Å². The molecule has 0 aliphatic heterocycles. The van der Waals surface area contributed by atoms with Crippen molar-refractivity contribution >= 4 is 12.0 Å². The Bertz CT molecular complexity index is 328. The van der Waals surface area contributed by atoms with Gasteiger partial charge in [-0.15, -0.1) is 0 Å². The topological polar surface area (TPSA) is 69.6 Å². The SMILES string of the molecule is CN(CC(C)(C)C)C(=O)NC1(C(=O)O)CCCC1. The first-order chi connectivity index (χ1) is 8.16. The summed E-state index contributed by atoms with van der Waals surface area (Å²) < 4.78 is 0. The summed E-state index contributed by atoms with van der Waals surface area (Å²) in [5.74, 6) is -0.919. The molecular weight excluding hydrogens is 232 g/mol. The number of carboxylic acid groups (broad SMARTS) is 1. The van der Waals surface area contributed by atoms with Crippen LogP contribution in [0.25, 0.3) is 0 Å². The Kier molecular flexibility index (Phi) is 4.24. The summed E-state index contributed by atoms with van der Waals surface area (Å²) in [7, 11) is 1.70. The quantitative estimate of drug-likeness (QED) is 0.812. The lowest BCUT2D eigenvalue weighted by Gasteiger charge is -2.31. The highest BCUT2D eigenvalue weighted by molar-refractivity contribution is 5.86. The fourth-order valence-electron chi connectivity index (χ4n) is 2.45. The molecule has 0 unspecified atom stereocenters. The molecule has 5 nitrogen and oxygen atoms in total. The van der Waals surface area contributed by atoms with Gasteiger partial charge in [0.15, 0.2) is 0 Å². The van der Waals surface area contributed by atoms with Crippen molar-refractivity contribution in [2.75, 3.05) is 13.6 Å². The number of carbonyl (C=O) groups excluding carboxylic acids is 1. The number of rotatable bonds is 3. The second kappa shape index (κ2) is 5.16. The van der Waals surface area contributed by atoms with Gasteiger partial charge in [-0.2, -0.15) is 0 Å². The molecule has 104 valence electrons. The lowest BCUT2D eigenvalue weighted by molar-refractivity contribution is -0.144.